The average molecular weight is 230 g/mol. The fraction of sp³-hybridized carbons (Fsp3) is 0.600. The van der Waals surface area contributed by atoms with Crippen molar-refractivity contribution in [3.05, 3.63) is 35.4 Å². The maximum Gasteiger partial charge on any atom is 0.0208 e. The van der Waals surface area contributed by atoms with Crippen LogP contribution in [0, 0.1) is 0 Å². The summed E-state index contributed by atoms with van der Waals surface area (Å²) >= 11 is 0. The van der Waals surface area contributed by atoms with E-state index in [1.165, 1.54) is 44.5 Å². The van der Waals surface area contributed by atoms with E-state index in [9.17, 15) is 0 Å². The summed E-state index contributed by atoms with van der Waals surface area (Å²) in [6, 6.07) is 8.94. The molecule has 92 valence electrons. The number of fused-ring (bicyclic) bond motifs is 1. The lowest BCUT2D eigenvalue weighted by molar-refractivity contribution is 0.211. The molecule has 0 aliphatic carbocycles. The monoisotopic (exact) mass is 230 g/mol. The number of hydrogen-bond donors (Lipinski definition) is 1. The van der Waals surface area contributed by atoms with Crippen LogP contribution >= 0.6 is 0 Å². The van der Waals surface area contributed by atoms with Gasteiger partial charge in [0.25, 0.3) is 0 Å². The Labute approximate surface area is 104 Å². The lowest BCUT2D eigenvalue weighted by atomic mass is 9.90. The molecule has 0 spiro atoms. The van der Waals surface area contributed by atoms with Crippen molar-refractivity contribution in [1.82, 2.24) is 10.2 Å². The molecule has 1 fully saturated rings. The van der Waals surface area contributed by atoms with Crippen LogP contribution in [0.3, 0.4) is 0 Å². The van der Waals surface area contributed by atoms with Gasteiger partial charge in [-0.3, -0.25) is 0 Å². The summed E-state index contributed by atoms with van der Waals surface area (Å²) in [5, 5.41) is 3.55. The van der Waals surface area contributed by atoms with Gasteiger partial charge in [0.15, 0.2) is 0 Å². The Bertz CT molecular complexity index is 369. The SMILES string of the molecule is c1ccc2c(c1)CNCC2CN1CCCCC1. The minimum atomic E-state index is 0.693. The molecule has 2 nitrogen and oxygen atoms in total. The van der Waals surface area contributed by atoms with Gasteiger partial charge in [-0.15, -0.1) is 0 Å². The summed E-state index contributed by atoms with van der Waals surface area (Å²) in [7, 11) is 0. The lowest BCUT2D eigenvalue weighted by Gasteiger charge is -2.33. The van der Waals surface area contributed by atoms with Gasteiger partial charge in [-0.25, -0.2) is 0 Å². The second kappa shape index (κ2) is 5.19. The van der Waals surface area contributed by atoms with Gasteiger partial charge in [-0.05, 0) is 37.1 Å². The smallest absolute Gasteiger partial charge is 0.0208 e. The second-order valence-electron chi connectivity index (χ2n) is 5.39. The summed E-state index contributed by atoms with van der Waals surface area (Å²) in [6.45, 7) is 6.04. The third-order valence-corrected chi connectivity index (χ3v) is 4.13. The minimum Gasteiger partial charge on any atom is -0.312 e. The van der Waals surface area contributed by atoms with Crippen LogP contribution in [0.1, 0.15) is 36.3 Å². The van der Waals surface area contributed by atoms with Crippen molar-refractivity contribution in [1.29, 1.82) is 0 Å². The van der Waals surface area contributed by atoms with Gasteiger partial charge < -0.3 is 10.2 Å². The van der Waals surface area contributed by atoms with E-state index < -0.39 is 0 Å². The molecule has 17 heavy (non-hydrogen) atoms. The van der Waals surface area contributed by atoms with Gasteiger partial charge in [-0.1, -0.05) is 30.7 Å². The molecular weight excluding hydrogens is 208 g/mol. The number of rotatable bonds is 2. The molecule has 2 aliphatic heterocycles. The highest BCUT2D eigenvalue weighted by Crippen LogP contribution is 2.25. The first-order valence-corrected chi connectivity index (χ1v) is 6.94. The maximum absolute atomic E-state index is 3.55. The van der Waals surface area contributed by atoms with Gasteiger partial charge in [-0.2, -0.15) is 0 Å². The standard InChI is InChI=1S/C15H22N2/c1-4-8-17(9-5-1)12-14-11-16-10-13-6-2-3-7-15(13)14/h2-3,6-7,14,16H,1,4-5,8-12H2. The third kappa shape index (κ3) is 2.53. The fourth-order valence-corrected chi connectivity index (χ4v) is 3.20. The molecular formula is C15H22N2. The van der Waals surface area contributed by atoms with E-state index in [0.717, 1.165) is 13.1 Å². The van der Waals surface area contributed by atoms with E-state index >= 15 is 0 Å². The van der Waals surface area contributed by atoms with Crippen LogP contribution in [0.2, 0.25) is 0 Å². The van der Waals surface area contributed by atoms with Gasteiger partial charge >= 0.3 is 0 Å². The lowest BCUT2D eigenvalue weighted by Crippen LogP contribution is -2.39. The predicted molar refractivity (Wildman–Crippen MR) is 71.2 cm³/mol. The first-order chi connectivity index (χ1) is 8.43. The van der Waals surface area contributed by atoms with Gasteiger partial charge in [0, 0.05) is 25.6 Å². The Morgan fingerprint density at radius 3 is 2.82 bits per heavy atom. The van der Waals surface area contributed by atoms with Crippen molar-refractivity contribution in [3.8, 4) is 0 Å². The predicted octanol–water partition coefficient (Wildman–Crippen LogP) is 2.36. The highest BCUT2D eigenvalue weighted by Gasteiger charge is 2.22. The zero-order valence-electron chi connectivity index (χ0n) is 10.5. The van der Waals surface area contributed by atoms with Crippen LogP contribution in [-0.2, 0) is 6.54 Å². The molecule has 1 aromatic rings. The number of likely N-dealkylation sites (tertiary alicyclic amines) is 1. The Hall–Kier alpha value is -0.860. The number of nitrogens with zero attached hydrogens (tertiary/aromatic N) is 1. The molecule has 2 aliphatic rings. The van der Waals surface area contributed by atoms with E-state index in [1.807, 2.05) is 0 Å². The first kappa shape index (κ1) is 11.2. The largest absolute Gasteiger partial charge is 0.312 e. The van der Waals surface area contributed by atoms with Crippen LogP contribution in [-0.4, -0.2) is 31.1 Å². The van der Waals surface area contributed by atoms with Crippen molar-refractivity contribution in [2.75, 3.05) is 26.2 Å². The normalized spacial score (nSPS) is 25.5. The van der Waals surface area contributed by atoms with Crippen molar-refractivity contribution in [3.63, 3.8) is 0 Å². The Balaban J connectivity index is 1.71. The molecule has 1 aromatic carbocycles. The van der Waals surface area contributed by atoms with Crippen molar-refractivity contribution < 1.29 is 0 Å². The van der Waals surface area contributed by atoms with Crippen molar-refractivity contribution >= 4 is 0 Å². The van der Waals surface area contributed by atoms with E-state index in [1.54, 1.807) is 5.56 Å². The van der Waals surface area contributed by atoms with Crippen LogP contribution in [0.5, 0.6) is 0 Å². The molecule has 0 bridgehead atoms. The summed E-state index contributed by atoms with van der Waals surface area (Å²) in [6.07, 6.45) is 4.21. The van der Waals surface area contributed by atoms with Crippen LogP contribution in [0.25, 0.3) is 0 Å². The molecule has 2 heterocycles. The number of nitrogens with one attached hydrogen (secondary N) is 1. The van der Waals surface area contributed by atoms with Crippen LogP contribution in [0.15, 0.2) is 24.3 Å². The molecule has 0 amide bonds. The molecule has 1 atom stereocenters. The van der Waals surface area contributed by atoms with Crippen molar-refractivity contribution in [2.45, 2.75) is 31.7 Å². The Morgan fingerprint density at radius 2 is 1.94 bits per heavy atom. The molecule has 1 saturated heterocycles. The summed E-state index contributed by atoms with van der Waals surface area (Å²) in [5.74, 6) is 0.693. The quantitative estimate of drug-likeness (QED) is 0.839. The Morgan fingerprint density at radius 1 is 1.12 bits per heavy atom. The number of piperidine rings is 1. The van der Waals surface area contributed by atoms with E-state index in [-0.39, 0.29) is 0 Å². The molecule has 0 saturated carbocycles. The van der Waals surface area contributed by atoms with Crippen LogP contribution in [0.4, 0.5) is 0 Å². The molecule has 3 rings (SSSR count). The Kier molecular flexibility index (Phi) is 3.44. The second-order valence-corrected chi connectivity index (χ2v) is 5.39. The molecule has 0 aromatic heterocycles. The van der Waals surface area contributed by atoms with Crippen molar-refractivity contribution in [2.24, 2.45) is 0 Å². The highest BCUT2D eigenvalue weighted by atomic mass is 15.1. The number of benzene rings is 1. The van der Waals surface area contributed by atoms with E-state index in [4.69, 9.17) is 0 Å². The zero-order valence-corrected chi connectivity index (χ0v) is 10.5. The van der Waals surface area contributed by atoms with Gasteiger partial charge in [0.1, 0.15) is 0 Å². The zero-order chi connectivity index (χ0) is 11.5. The molecule has 2 heteroatoms. The molecule has 1 unspecified atom stereocenters. The fourth-order valence-electron chi connectivity index (χ4n) is 3.20. The molecule has 1 N–H and O–H groups in total. The summed E-state index contributed by atoms with van der Waals surface area (Å²) in [4.78, 5) is 2.65. The van der Waals surface area contributed by atoms with E-state index in [0.29, 0.717) is 5.92 Å². The van der Waals surface area contributed by atoms with Gasteiger partial charge in [0.05, 0.1) is 0 Å². The van der Waals surface area contributed by atoms with E-state index in [2.05, 4.69) is 34.5 Å². The number of hydrogen-bond acceptors (Lipinski definition) is 2. The minimum absolute atomic E-state index is 0.693. The summed E-state index contributed by atoms with van der Waals surface area (Å²) in [5.41, 5.74) is 3.08. The first-order valence-electron chi connectivity index (χ1n) is 6.94. The summed E-state index contributed by atoms with van der Waals surface area (Å²) < 4.78 is 0. The maximum atomic E-state index is 3.55. The molecule has 0 radical (unpaired) electrons. The van der Waals surface area contributed by atoms with Crippen LogP contribution < -0.4 is 5.32 Å². The topological polar surface area (TPSA) is 15.3 Å². The highest BCUT2D eigenvalue weighted by molar-refractivity contribution is 5.32. The third-order valence-electron chi connectivity index (χ3n) is 4.13. The average Bonchev–Trinajstić information content (AvgIpc) is 2.40. The van der Waals surface area contributed by atoms with Gasteiger partial charge in [0.2, 0.25) is 0 Å².